The third-order valence-corrected chi connectivity index (χ3v) is 1.94. The number of nitrogens with one attached hydrogen (secondary N) is 1. The smallest absolute Gasteiger partial charge is 0.318 e. The molecule has 6 heteroatoms. The summed E-state index contributed by atoms with van der Waals surface area (Å²) in [5, 5.41) is 11.0. The van der Waals surface area contributed by atoms with Crippen LogP contribution in [0.25, 0.3) is 0 Å². The van der Waals surface area contributed by atoms with Crippen molar-refractivity contribution in [2.24, 2.45) is 0 Å². The first-order chi connectivity index (χ1) is 7.27. The van der Waals surface area contributed by atoms with Crippen LogP contribution in [0.1, 0.15) is 12.8 Å². The molecule has 86 valence electrons. The average Bonchev–Trinajstić information content (AvgIpc) is 2.71. The van der Waals surface area contributed by atoms with Crippen molar-refractivity contribution in [3.8, 4) is 0 Å². The van der Waals surface area contributed by atoms with Crippen LogP contribution in [-0.4, -0.2) is 44.1 Å². The van der Waals surface area contributed by atoms with Crippen LogP contribution in [0.15, 0.2) is 4.42 Å². The van der Waals surface area contributed by atoms with Gasteiger partial charge in [0.15, 0.2) is 0 Å². The summed E-state index contributed by atoms with van der Waals surface area (Å²) in [4.78, 5) is 1.87. The quantitative estimate of drug-likeness (QED) is 0.702. The summed E-state index contributed by atoms with van der Waals surface area (Å²) in [6, 6.07) is 0.528. The summed E-state index contributed by atoms with van der Waals surface area (Å²) >= 11 is 0. The van der Waals surface area contributed by atoms with Gasteiger partial charge in [-0.15, -0.1) is 5.10 Å². The number of hydrogen-bond donors (Lipinski definition) is 1. The molecule has 1 aromatic rings. The van der Waals surface area contributed by atoms with Gasteiger partial charge in [0.05, 0.1) is 13.2 Å². The highest BCUT2D eigenvalue weighted by Crippen LogP contribution is 2.09. The van der Waals surface area contributed by atoms with Gasteiger partial charge in [0.25, 0.3) is 0 Å². The Hall–Kier alpha value is -1.14. The van der Waals surface area contributed by atoms with Gasteiger partial charge in [-0.05, 0) is 6.54 Å². The number of anilines is 1. The van der Waals surface area contributed by atoms with E-state index in [1.54, 1.807) is 7.11 Å². The molecule has 0 unspecified atom stereocenters. The maximum Gasteiger partial charge on any atom is 0.318 e. The highest BCUT2D eigenvalue weighted by molar-refractivity contribution is 5.21. The zero-order valence-corrected chi connectivity index (χ0v) is 9.49. The van der Waals surface area contributed by atoms with E-state index in [2.05, 4.69) is 15.5 Å². The monoisotopic (exact) mass is 214 g/mol. The van der Waals surface area contributed by atoms with E-state index in [4.69, 9.17) is 9.15 Å². The first kappa shape index (κ1) is 11.9. The van der Waals surface area contributed by atoms with E-state index in [1.165, 1.54) is 0 Å². The van der Waals surface area contributed by atoms with Gasteiger partial charge in [0, 0.05) is 20.7 Å². The topological polar surface area (TPSA) is 63.4 Å². The Labute approximate surface area is 89.6 Å². The molecule has 0 aromatic carbocycles. The third kappa shape index (κ3) is 3.85. The fraction of sp³-hybridized carbons (Fsp3) is 0.778. The van der Waals surface area contributed by atoms with E-state index in [0.717, 1.165) is 13.1 Å². The van der Waals surface area contributed by atoms with Gasteiger partial charge in [-0.2, -0.15) is 0 Å². The lowest BCUT2D eigenvalue weighted by atomic mass is 10.6. The first-order valence-electron chi connectivity index (χ1n) is 5.01. The summed E-state index contributed by atoms with van der Waals surface area (Å²) in [5.41, 5.74) is 0. The van der Waals surface area contributed by atoms with E-state index >= 15 is 0 Å². The molecule has 0 aliphatic carbocycles. The molecule has 0 fully saturated rings. The van der Waals surface area contributed by atoms with Crippen molar-refractivity contribution in [3.05, 3.63) is 5.89 Å². The van der Waals surface area contributed by atoms with Crippen molar-refractivity contribution >= 4 is 6.01 Å². The maximum absolute atomic E-state index is 5.43. The predicted molar refractivity (Wildman–Crippen MR) is 56.8 cm³/mol. The zero-order valence-electron chi connectivity index (χ0n) is 9.49. The van der Waals surface area contributed by atoms with E-state index in [9.17, 15) is 0 Å². The van der Waals surface area contributed by atoms with Crippen molar-refractivity contribution in [3.63, 3.8) is 0 Å². The van der Waals surface area contributed by atoms with Crippen molar-refractivity contribution in [1.29, 1.82) is 0 Å². The Kier molecular flexibility index (Phi) is 5.06. The fourth-order valence-electron chi connectivity index (χ4n) is 1.03. The molecule has 0 saturated carbocycles. The number of hydrogen-bond acceptors (Lipinski definition) is 6. The van der Waals surface area contributed by atoms with E-state index in [0.29, 0.717) is 25.1 Å². The Balaban J connectivity index is 2.43. The number of rotatable bonds is 7. The second-order valence-corrected chi connectivity index (χ2v) is 3.17. The standard InChI is InChI=1S/C9H18N4O2/c1-4-10-7-8-11-12-9(15-8)13(2)5-6-14-3/h10H,4-7H2,1-3H3. The van der Waals surface area contributed by atoms with Crippen LogP contribution in [0.5, 0.6) is 0 Å². The van der Waals surface area contributed by atoms with Crippen molar-refractivity contribution in [2.75, 3.05) is 38.8 Å². The molecule has 0 spiro atoms. The van der Waals surface area contributed by atoms with Crippen LogP contribution < -0.4 is 10.2 Å². The lowest BCUT2D eigenvalue weighted by Crippen LogP contribution is -2.22. The van der Waals surface area contributed by atoms with Crippen molar-refractivity contribution in [1.82, 2.24) is 15.5 Å². The summed E-state index contributed by atoms with van der Waals surface area (Å²) < 4.78 is 10.4. The maximum atomic E-state index is 5.43. The van der Waals surface area contributed by atoms with Gasteiger partial charge in [0.1, 0.15) is 0 Å². The largest absolute Gasteiger partial charge is 0.407 e. The second-order valence-electron chi connectivity index (χ2n) is 3.17. The SMILES string of the molecule is CCNCc1nnc(N(C)CCOC)o1. The molecule has 1 aromatic heterocycles. The zero-order chi connectivity index (χ0) is 11.1. The van der Waals surface area contributed by atoms with Gasteiger partial charge in [-0.3, -0.25) is 0 Å². The summed E-state index contributed by atoms with van der Waals surface area (Å²) in [5.74, 6) is 0.608. The number of ether oxygens (including phenoxy) is 1. The van der Waals surface area contributed by atoms with Crippen molar-refractivity contribution in [2.45, 2.75) is 13.5 Å². The Morgan fingerprint density at radius 1 is 1.47 bits per heavy atom. The van der Waals surface area contributed by atoms with Crippen LogP contribution in [0, 0.1) is 0 Å². The summed E-state index contributed by atoms with van der Waals surface area (Å²) in [6.07, 6.45) is 0. The van der Waals surface area contributed by atoms with E-state index in [-0.39, 0.29) is 0 Å². The predicted octanol–water partition coefficient (Wildman–Crippen LogP) is 0.262. The van der Waals surface area contributed by atoms with Crippen LogP contribution in [0.2, 0.25) is 0 Å². The summed E-state index contributed by atoms with van der Waals surface area (Å²) in [7, 11) is 3.56. The minimum Gasteiger partial charge on any atom is -0.407 e. The number of nitrogens with zero attached hydrogens (tertiary/aromatic N) is 3. The summed E-state index contributed by atoms with van der Waals surface area (Å²) in [6.45, 7) is 4.90. The van der Waals surface area contributed by atoms with Gasteiger partial charge >= 0.3 is 6.01 Å². The lowest BCUT2D eigenvalue weighted by Gasteiger charge is -2.12. The Morgan fingerprint density at radius 3 is 2.93 bits per heavy atom. The molecule has 0 radical (unpaired) electrons. The molecule has 0 saturated heterocycles. The normalized spacial score (nSPS) is 10.6. The molecule has 6 nitrogen and oxygen atoms in total. The highest BCUT2D eigenvalue weighted by Gasteiger charge is 2.09. The average molecular weight is 214 g/mol. The molecular weight excluding hydrogens is 196 g/mol. The van der Waals surface area contributed by atoms with Gasteiger partial charge in [-0.25, -0.2) is 0 Å². The molecule has 1 heterocycles. The van der Waals surface area contributed by atoms with E-state index < -0.39 is 0 Å². The second kappa shape index (κ2) is 6.36. The molecule has 0 amide bonds. The van der Waals surface area contributed by atoms with Crippen LogP contribution in [0.3, 0.4) is 0 Å². The molecule has 15 heavy (non-hydrogen) atoms. The van der Waals surface area contributed by atoms with Gasteiger partial charge in [-0.1, -0.05) is 12.0 Å². The molecular formula is C9H18N4O2. The molecule has 0 bridgehead atoms. The molecule has 0 aliphatic rings. The van der Waals surface area contributed by atoms with Crippen molar-refractivity contribution < 1.29 is 9.15 Å². The van der Waals surface area contributed by atoms with Crippen LogP contribution >= 0.6 is 0 Å². The highest BCUT2D eigenvalue weighted by atomic mass is 16.5. The molecule has 0 aliphatic heterocycles. The molecule has 1 rings (SSSR count). The molecule has 1 N–H and O–H groups in total. The lowest BCUT2D eigenvalue weighted by molar-refractivity contribution is 0.205. The third-order valence-electron chi connectivity index (χ3n) is 1.94. The first-order valence-corrected chi connectivity index (χ1v) is 5.01. The minimum absolute atomic E-state index is 0.528. The van der Waals surface area contributed by atoms with Gasteiger partial charge < -0.3 is 19.4 Å². The van der Waals surface area contributed by atoms with Crippen LogP contribution in [0.4, 0.5) is 6.01 Å². The minimum atomic E-state index is 0.528. The Bertz CT molecular complexity index is 277. The van der Waals surface area contributed by atoms with Crippen LogP contribution in [-0.2, 0) is 11.3 Å². The Morgan fingerprint density at radius 2 is 2.27 bits per heavy atom. The van der Waals surface area contributed by atoms with E-state index in [1.807, 2.05) is 18.9 Å². The van der Waals surface area contributed by atoms with Gasteiger partial charge in [0.2, 0.25) is 5.89 Å². The fourth-order valence-corrected chi connectivity index (χ4v) is 1.03. The number of likely N-dealkylation sites (N-methyl/N-ethyl adjacent to an activating group) is 1. The number of methoxy groups -OCH3 is 1. The number of aromatic nitrogens is 2. The molecule has 0 atom stereocenters.